The molecule has 0 radical (unpaired) electrons. The quantitative estimate of drug-likeness (QED) is 0.503. The van der Waals surface area contributed by atoms with Gasteiger partial charge in [-0.1, -0.05) is 17.7 Å². The lowest BCUT2D eigenvalue weighted by molar-refractivity contribution is 0.112. The molecular formula is C18H19ClO4. The largest absolute Gasteiger partial charge is 0.494 e. The summed E-state index contributed by atoms with van der Waals surface area (Å²) >= 11 is 5.89. The molecular weight excluding hydrogens is 316 g/mol. The first-order chi connectivity index (χ1) is 11.2. The zero-order valence-electron chi connectivity index (χ0n) is 13.0. The van der Waals surface area contributed by atoms with Crippen molar-refractivity contribution in [3.05, 3.63) is 53.1 Å². The lowest BCUT2D eigenvalue weighted by Gasteiger charge is -2.11. The second-order valence-electron chi connectivity index (χ2n) is 4.89. The van der Waals surface area contributed by atoms with E-state index in [-0.39, 0.29) is 0 Å². The minimum absolute atomic E-state index is 0.551. The summed E-state index contributed by atoms with van der Waals surface area (Å²) in [7, 11) is 1.55. The topological polar surface area (TPSA) is 44.8 Å². The van der Waals surface area contributed by atoms with Crippen LogP contribution in [0.15, 0.2) is 42.5 Å². The Bertz CT molecular complexity index is 643. The van der Waals surface area contributed by atoms with Crippen LogP contribution in [0.2, 0.25) is 5.02 Å². The van der Waals surface area contributed by atoms with Gasteiger partial charge < -0.3 is 14.2 Å². The Hall–Kier alpha value is -2.20. The van der Waals surface area contributed by atoms with E-state index in [2.05, 4.69) is 0 Å². The highest BCUT2D eigenvalue weighted by Gasteiger charge is 2.05. The number of aldehydes is 1. The average molecular weight is 335 g/mol. The van der Waals surface area contributed by atoms with E-state index in [9.17, 15) is 4.79 Å². The minimum Gasteiger partial charge on any atom is -0.494 e. The van der Waals surface area contributed by atoms with Crippen LogP contribution in [0.1, 0.15) is 23.2 Å². The fourth-order valence-corrected chi connectivity index (χ4v) is 2.19. The number of carbonyl (C=O) groups is 1. The van der Waals surface area contributed by atoms with Crippen molar-refractivity contribution in [1.29, 1.82) is 0 Å². The fourth-order valence-electron chi connectivity index (χ4n) is 2.01. The van der Waals surface area contributed by atoms with Crippen LogP contribution in [0.5, 0.6) is 17.2 Å². The summed E-state index contributed by atoms with van der Waals surface area (Å²) < 4.78 is 16.5. The summed E-state index contributed by atoms with van der Waals surface area (Å²) in [4.78, 5) is 10.7. The highest BCUT2D eigenvalue weighted by molar-refractivity contribution is 6.30. The predicted octanol–water partition coefficient (Wildman–Crippen LogP) is 4.40. The third-order valence-corrected chi connectivity index (χ3v) is 3.42. The van der Waals surface area contributed by atoms with Gasteiger partial charge in [0.05, 0.1) is 20.3 Å². The number of rotatable bonds is 9. The average Bonchev–Trinajstić information content (AvgIpc) is 2.58. The molecule has 4 nitrogen and oxygen atoms in total. The lowest BCUT2D eigenvalue weighted by Crippen LogP contribution is -2.03. The van der Waals surface area contributed by atoms with Crippen LogP contribution in [0.3, 0.4) is 0 Å². The molecule has 0 aliphatic heterocycles. The Morgan fingerprint density at radius 3 is 2.48 bits per heavy atom. The van der Waals surface area contributed by atoms with E-state index >= 15 is 0 Å². The standard InChI is InChI=1S/C18H19ClO4/c1-21-18-11-14(13-20)7-8-17(18)23-10-3-2-9-22-16-6-4-5-15(19)12-16/h4-8,11-13H,2-3,9-10H2,1H3. The predicted molar refractivity (Wildman–Crippen MR) is 90.1 cm³/mol. The molecule has 0 unspecified atom stereocenters. The normalized spacial score (nSPS) is 10.2. The maximum absolute atomic E-state index is 10.7. The number of unbranched alkanes of at least 4 members (excludes halogenated alkanes) is 1. The molecule has 0 aliphatic rings. The molecule has 0 aliphatic carbocycles. The molecule has 23 heavy (non-hydrogen) atoms. The van der Waals surface area contributed by atoms with Crippen LogP contribution in [0.25, 0.3) is 0 Å². The van der Waals surface area contributed by atoms with Crippen LogP contribution in [-0.2, 0) is 0 Å². The molecule has 0 spiro atoms. The monoisotopic (exact) mass is 334 g/mol. The number of hydrogen-bond acceptors (Lipinski definition) is 4. The second-order valence-corrected chi connectivity index (χ2v) is 5.33. The molecule has 0 saturated carbocycles. The van der Waals surface area contributed by atoms with Gasteiger partial charge in [0.2, 0.25) is 0 Å². The maximum atomic E-state index is 10.7. The molecule has 2 rings (SSSR count). The van der Waals surface area contributed by atoms with Gasteiger partial charge in [-0.3, -0.25) is 4.79 Å². The van der Waals surface area contributed by atoms with Gasteiger partial charge in [-0.15, -0.1) is 0 Å². The molecule has 122 valence electrons. The first-order valence-corrected chi connectivity index (χ1v) is 7.75. The smallest absolute Gasteiger partial charge is 0.161 e. The first-order valence-electron chi connectivity index (χ1n) is 7.37. The fraction of sp³-hybridized carbons (Fsp3) is 0.278. The van der Waals surface area contributed by atoms with Gasteiger partial charge >= 0.3 is 0 Å². The van der Waals surface area contributed by atoms with Crippen molar-refractivity contribution in [3.8, 4) is 17.2 Å². The van der Waals surface area contributed by atoms with E-state index < -0.39 is 0 Å². The summed E-state index contributed by atoms with van der Waals surface area (Å²) in [5, 5.41) is 0.664. The molecule has 5 heteroatoms. The van der Waals surface area contributed by atoms with Crippen LogP contribution in [0, 0.1) is 0 Å². The molecule has 0 heterocycles. The zero-order chi connectivity index (χ0) is 16.5. The van der Waals surface area contributed by atoms with Crippen LogP contribution < -0.4 is 14.2 Å². The summed E-state index contributed by atoms with van der Waals surface area (Å²) in [5.74, 6) is 1.96. The van der Waals surface area contributed by atoms with Gasteiger partial charge in [0.25, 0.3) is 0 Å². The van der Waals surface area contributed by atoms with E-state index in [1.807, 2.05) is 18.2 Å². The van der Waals surface area contributed by atoms with Gasteiger partial charge in [-0.2, -0.15) is 0 Å². The number of carbonyl (C=O) groups excluding carboxylic acids is 1. The van der Waals surface area contributed by atoms with Gasteiger partial charge in [-0.05, 0) is 49.2 Å². The summed E-state index contributed by atoms with van der Waals surface area (Å²) in [5.41, 5.74) is 0.559. The third kappa shape index (κ3) is 5.49. The number of benzene rings is 2. The van der Waals surface area contributed by atoms with Crippen molar-refractivity contribution in [2.45, 2.75) is 12.8 Å². The minimum atomic E-state index is 0.551. The van der Waals surface area contributed by atoms with E-state index in [4.69, 9.17) is 25.8 Å². The molecule has 0 atom stereocenters. The number of halogens is 1. The molecule has 0 N–H and O–H groups in total. The first kappa shape index (κ1) is 17.2. The molecule has 0 fully saturated rings. The second kappa shape index (κ2) is 9.06. The van der Waals surface area contributed by atoms with E-state index in [0.717, 1.165) is 24.9 Å². The molecule has 2 aromatic rings. The maximum Gasteiger partial charge on any atom is 0.161 e. The Morgan fingerprint density at radius 1 is 1.00 bits per heavy atom. The third-order valence-electron chi connectivity index (χ3n) is 3.18. The Kier molecular flexibility index (Phi) is 6.76. The highest BCUT2D eigenvalue weighted by Crippen LogP contribution is 2.27. The van der Waals surface area contributed by atoms with Gasteiger partial charge in [-0.25, -0.2) is 0 Å². The molecule has 0 bridgehead atoms. The van der Waals surface area contributed by atoms with Crippen LogP contribution >= 0.6 is 11.6 Å². The summed E-state index contributed by atoms with van der Waals surface area (Å²) in [6.45, 7) is 1.15. The van der Waals surface area contributed by atoms with Crippen LogP contribution in [0.4, 0.5) is 0 Å². The SMILES string of the molecule is COc1cc(C=O)ccc1OCCCCOc1cccc(Cl)c1. The van der Waals surface area contributed by atoms with E-state index in [1.54, 1.807) is 31.4 Å². The summed E-state index contributed by atoms with van der Waals surface area (Å²) in [6.07, 6.45) is 2.49. The van der Waals surface area contributed by atoms with Crippen molar-refractivity contribution in [2.24, 2.45) is 0 Å². The van der Waals surface area contributed by atoms with Gasteiger partial charge in [0, 0.05) is 10.6 Å². The van der Waals surface area contributed by atoms with Gasteiger partial charge in [0.1, 0.15) is 12.0 Å². The Labute approximate surface area is 140 Å². The van der Waals surface area contributed by atoms with Crippen LogP contribution in [-0.4, -0.2) is 26.6 Å². The molecule has 0 aromatic heterocycles. The van der Waals surface area contributed by atoms with Crippen molar-refractivity contribution >= 4 is 17.9 Å². The van der Waals surface area contributed by atoms with Crippen molar-refractivity contribution < 1.29 is 19.0 Å². The van der Waals surface area contributed by atoms with E-state index in [0.29, 0.717) is 35.3 Å². The van der Waals surface area contributed by atoms with Crippen molar-refractivity contribution in [2.75, 3.05) is 20.3 Å². The Balaban J connectivity index is 1.70. The molecule has 2 aromatic carbocycles. The number of hydrogen-bond donors (Lipinski definition) is 0. The lowest BCUT2D eigenvalue weighted by atomic mass is 10.2. The highest BCUT2D eigenvalue weighted by atomic mass is 35.5. The van der Waals surface area contributed by atoms with E-state index in [1.165, 1.54) is 0 Å². The Morgan fingerprint density at radius 2 is 1.78 bits per heavy atom. The molecule has 0 amide bonds. The summed E-state index contributed by atoms with van der Waals surface area (Å²) in [6, 6.07) is 12.4. The number of methoxy groups -OCH3 is 1. The van der Waals surface area contributed by atoms with Gasteiger partial charge in [0.15, 0.2) is 11.5 Å². The number of ether oxygens (including phenoxy) is 3. The zero-order valence-corrected chi connectivity index (χ0v) is 13.7. The molecule has 0 saturated heterocycles. The van der Waals surface area contributed by atoms with Crippen molar-refractivity contribution in [3.63, 3.8) is 0 Å². The van der Waals surface area contributed by atoms with Crippen molar-refractivity contribution in [1.82, 2.24) is 0 Å².